The molecule has 0 aromatic rings. The van der Waals surface area contributed by atoms with Crippen molar-refractivity contribution in [3.63, 3.8) is 0 Å². The van der Waals surface area contributed by atoms with Gasteiger partial charge in [-0.2, -0.15) is 10.5 Å². The van der Waals surface area contributed by atoms with Gasteiger partial charge in [0.1, 0.15) is 0 Å². The fraction of sp³-hybridized carbons (Fsp3) is 0.667. The topological polar surface area (TPSA) is 60.1 Å². The first-order valence-electron chi connectivity index (χ1n) is 2.78. The Morgan fingerprint density at radius 2 is 1.56 bits per heavy atom. The van der Waals surface area contributed by atoms with E-state index in [1.54, 1.807) is 0 Å². The third-order valence-corrected chi connectivity index (χ3v) is 1.27. The zero-order valence-corrected chi connectivity index (χ0v) is 4.87. The van der Waals surface area contributed by atoms with E-state index in [-0.39, 0.29) is 12.2 Å². The van der Waals surface area contributed by atoms with E-state index in [2.05, 4.69) is 0 Å². The number of hydrogen-bond donors (Lipinski definition) is 0. The summed E-state index contributed by atoms with van der Waals surface area (Å²) >= 11 is 0. The fourth-order valence-electron chi connectivity index (χ4n) is 0.718. The van der Waals surface area contributed by atoms with E-state index in [1.165, 1.54) is 0 Å². The molecule has 0 amide bonds. The summed E-state index contributed by atoms with van der Waals surface area (Å²) in [6.45, 7) is 0. The second-order valence-electron chi connectivity index (χ2n) is 1.94. The van der Waals surface area contributed by atoms with Crippen LogP contribution in [0.1, 0.15) is 12.8 Å². The van der Waals surface area contributed by atoms with Crippen LogP contribution in [0, 0.1) is 22.7 Å². The Labute approximate surface area is 53.5 Å². The van der Waals surface area contributed by atoms with Crippen molar-refractivity contribution in [3.05, 3.63) is 0 Å². The molecular weight excluding hydrogens is 116 g/mol. The van der Waals surface area contributed by atoms with Gasteiger partial charge >= 0.3 is 0 Å². The predicted molar refractivity (Wildman–Crippen MR) is 29.1 cm³/mol. The molecule has 0 radical (unpaired) electrons. The van der Waals surface area contributed by atoms with E-state index < -0.39 is 0 Å². The van der Waals surface area contributed by atoms with E-state index in [0.29, 0.717) is 12.8 Å². The summed E-state index contributed by atoms with van der Waals surface area (Å²) in [6.07, 6.45) is 0.947. The van der Waals surface area contributed by atoms with E-state index in [0.717, 1.165) is 0 Å². The van der Waals surface area contributed by atoms with Crippen LogP contribution in [0.4, 0.5) is 0 Å². The molecule has 3 heteroatoms. The molecule has 1 saturated heterocycles. The van der Waals surface area contributed by atoms with Crippen molar-refractivity contribution in [2.24, 2.45) is 0 Å². The first-order chi connectivity index (χ1) is 4.38. The van der Waals surface area contributed by atoms with Crippen molar-refractivity contribution in [3.8, 4) is 12.1 Å². The SMILES string of the molecule is N#CCC1OC1CC#N. The number of ether oxygens (including phenoxy) is 1. The van der Waals surface area contributed by atoms with Crippen LogP contribution in [-0.4, -0.2) is 12.2 Å². The smallest absolute Gasteiger partial charge is 0.0982 e. The molecule has 0 saturated carbocycles. The molecule has 0 N–H and O–H groups in total. The van der Waals surface area contributed by atoms with Crippen LogP contribution >= 0.6 is 0 Å². The van der Waals surface area contributed by atoms with Gasteiger partial charge in [-0.3, -0.25) is 0 Å². The number of epoxide rings is 1. The third-order valence-electron chi connectivity index (χ3n) is 1.27. The predicted octanol–water partition coefficient (Wildman–Crippen LogP) is 0.581. The highest BCUT2D eigenvalue weighted by Gasteiger charge is 2.37. The molecule has 1 aliphatic heterocycles. The van der Waals surface area contributed by atoms with Crippen molar-refractivity contribution in [1.82, 2.24) is 0 Å². The molecule has 1 rings (SSSR count). The van der Waals surface area contributed by atoms with Gasteiger partial charge in [0.25, 0.3) is 0 Å². The molecule has 0 aliphatic carbocycles. The second kappa shape index (κ2) is 2.48. The standard InChI is InChI=1S/C6H6N2O/c7-3-1-5-6(9-5)2-4-8/h5-6H,1-2H2. The van der Waals surface area contributed by atoms with Crippen LogP contribution in [0.15, 0.2) is 0 Å². The van der Waals surface area contributed by atoms with Gasteiger partial charge in [0.15, 0.2) is 0 Å². The van der Waals surface area contributed by atoms with E-state index in [4.69, 9.17) is 15.3 Å². The van der Waals surface area contributed by atoms with Gasteiger partial charge in [0.05, 0.1) is 37.2 Å². The molecule has 0 bridgehead atoms. The molecule has 1 aliphatic rings. The number of nitrogens with zero attached hydrogens (tertiary/aromatic N) is 2. The lowest BCUT2D eigenvalue weighted by Crippen LogP contribution is -1.89. The minimum atomic E-state index is 0.0506. The second-order valence-corrected chi connectivity index (χ2v) is 1.94. The summed E-state index contributed by atoms with van der Waals surface area (Å²) in [5.74, 6) is 0. The highest BCUT2D eigenvalue weighted by molar-refractivity contribution is 4.96. The van der Waals surface area contributed by atoms with Crippen molar-refractivity contribution in [2.45, 2.75) is 25.0 Å². The highest BCUT2D eigenvalue weighted by Crippen LogP contribution is 2.26. The maximum absolute atomic E-state index is 8.15. The van der Waals surface area contributed by atoms with Crippen LogP contribution in [0.25, 0.3) is 0 Å². The molecule has 0 aromatic heterocycles. The summed E-state index contributed by atoms with van der Waals surface area (Å²) in [5.41, 5.74) is 0. The summed E-state index contributed by atoms with van der Waals surface area (Å²) in [7, 11) is 0. The molecule has 2 unspecified atom stereocenters. The number of hydrogen-bond acceptors (Lipinski definition) is 3. The minimum Gasteiger partial charge on any atom is -0.367 e. The number of rotatable bonds is 2. The largest absolute Gasteiger partial charge is 0.367 e. The Balaban J connectivity index is 2.13. The fourth-order valence-corrected chi connectivity index (χ4v) is 0.718. The van der Waals surface area contributed by atoms with Crippen LogP contribution in [-0.2, 0) is 4.74 Å². The van der Waals surface area contributed by atoms with Crippen molar-refractivity contribution in [2.75, 3.05) is 0 Å². The Morgan fingerprint density at radius 1 is 1.11 bits per heavy atom. The Morgan fingerprint density at radius 3 is 1.89 bits per heavy atom. The zero-order chi connectivity index (χ0) is 6.69. The van der Waals surface area contributed by atoms with Crippen LogP contribution in [0.2, 0.25) is 0 Å². The van der Waals surface area contributed by atoms with Gasteiger partial charge < -0.3 is 4.74 Å². The normalized spacial score (nSPS) is 30.4. The van der Waals surface area contributed by atoms with Crippen LogP contribution < -0.4 is 0 Å². The molecule has 2 atom stereocenters. The van der Waals surface area contributed by atoms with Gasteiger partial charge in [-0.15, -0.1) is 0 Å². The lowest BCUT2D eigenvalue weighted by Gasteiger charge is -1.75. The number of nitriles is 2. The maximum Gasteiger partial charge on any atom is 0.0982 e. The van der Waals surface area contributed by atoms with Crippen molar-refractivity contribution < 1.29 is 4.74 Å². The van der Waals surface area contributed by atoms with Gasteiger partial charge in [-0.05, 0) is 0 Å². The Bertz CT molecular complexity index is 156. The highest BCUT2D eigenvalue weighted by atomic mass is 16.6. The van der Waals surface area contributed by atoms with Gasteiger partial charge in [0, 0.05) is 0 Å². The Kier molecular flexibility index (Phi) is 1.67. The van der Waals surface area contributed by atoms with Gasteiger partial charge in [-0.1, -0.05) is 0 Å². The molecule has 1 heterocycles. The Hall–Kier alpha value is -1.06. The molecular formula is C6H6N2O. The average Bonchev–Trinajstić information content (AvgIpc) is 2.50. The first-order valence-corrected chi connectivity index (χ1v) is 2.78. The average molecular weight is 122 g/mol. The van der Waals surface area contributed by atoms with Gasteiger partial charge in [0.2, 0.25) is 0 Å². The summed E-state index contributed by atoms with van der Waals surface area (Å²) in [4.78, 5) is 0. The molecule has 3 nitrogen and oxygen atoms in total. The zero-order valence-electron chi connectivity index (χ0n) is 4.87. The van der Waals surface area contributed by atoms with Gasteiger partial charge in [-0.25, -0.2) is 0 Å². The molecule has 1 fully saturated rings. The minimum absolute atomic E-state index is 0.0506. The van der Waals surface area contributed by atoms with Crippen LogP contribution in [0.3, 0.4) is 0 Å². The molecule has 0 spiro atoms. The first kappa shape index (κ1) is 6.07. The third kappa shape index (κ3) is 1.42. The molecule has 46 valence electrons. The summed E-state index contributed by atoms with van der Waals surface area (Å²) in [6, 6.07) is 3.97. The summed E-state index contributed by atoms with van der Waals surface area (Å²) in [5, 5.41) is 16.3. The van der Waals surface area contributed by atoms with Crippen LogP contribution in [0.5, 0.6) is 0 Å². The quantitative estimate of drug-likeness (QED) is 0.503. The van der Waals surface area contributed by atoms with E-state index >= 15 is 0 Å². The monoisotopic (exact) mass is 122 g/mol. The molecule has 0 aromatic carbocycles. The lowest BCUT2D eigenvalue weighted by molar-refractivity contribution is 0.374. The molecule has 9 heavy (non-hydrogen) atoms. The lowest BCUT2D eigenvalue weighted by atomic mass is 10.2. The van der Waals surface area contributed by atoms with Crippen molar-refractivity contribution >= 4 is 0 Å². The van der Waals surface area contributed by atoms with Crippen molar-refractivity contribution in [1.29, 1.82) is 10.5 Å². The maximum atomic E-state index is 8.15. The summed E-state index contributed by atoms with van der Waals surface area (Å²) < 4.78 is 4.95. The van der Waals surface area contributed by atoms with E-state index in [1.807, 2.05) is 12.1 Å². The van der Waals surface area contributed by atoms with E-state index in [9.17, 15) is 0 Å².